The summed E-state index contributed by atoms with van der Waals surface area (Å²) in [5.41, 5.74) is 3.94. The maximum Gasteiger partial charge on any atom is 0.265 e. The van der Waals surface area contributed by atoms with Gasteiger partial charge in [0.05, 0.1) is 22.8 Å². The Balaban J connectivity index is 1.90. The second-order valence-corrected chi connectivity index (χ2v) is 8.70. The SMILES string of the molecule is Cc1cc(C)c(N2CCCC2)c(N2Cc3c(F)cccc3S2(=O)=O)c1. The lowest BCUT2D eigenvalue weighted by molar-refractivity contribution is 0.595. The maximum absolute atomic E-state index is 14.2. The molecule has 0 radical (unpaired) electrons. The zero-order valence-corrected chi connectivity index (χ0v) is 15.2. The first-order valence-corrected chi connectivity index (χ1v) is 10.00. The van der Waals surface area contributed by atoms with Gasteiger partial charge in [-0.3, -0.25) is 4.31 Å². The number of fused-ring (bicyclic) bond motifs is 1. The minimum Gasteiger partial charge on any atom is -0.370 e. The standard InChI is InChI=1S/C19H21FN2O2S/c1-13-10-14(2)19(21-8-3-4-9-21)17(11-13)22-12-15-16(20)6-5-7-18(15)25(22,23)24/h5-7,10-11H,3-4,8-9,12H2,1-2H3. The summed E-state index contributed by atoms with van der Waals surface area (Å²) in [5, 5.41) is 0. The van der Waals surface area contributed by atoms with E-state index < -0.39 is 15.8 Å². The van der Waals surface area contributed by atoms with Gasteiger partial charge >= 0.3 is 0 Å². The van der Waals surface area contributed by atoms with Crippen LogP contribution in [-0.2, 0) is 16.6 Å². The van der Waals surface area contributed by atoms with Gasteiger partial charge in [0.15, 0.2) is 0 Å². The average molecular weight is 360 g/mol. The van der Waals surface area contributed by atoms with Gasteiger partial charge in [0.25, 0.3) is 10.0 Å². The van der Waals surface area contributed by atoms with E-state index >= 15 is 0 Å². The van der Waals surface area contributed by atoms with E-state index in [2.05, 4.69) is 11.0 Å². The minimum absolute atomic E-state index is 0.0497. The van der Waals surface area contributed by atoms with E-state index in [0.717, 1.165) is 42.7 Å². The van der Waals surface area contributed by atoms with Gasteiger partial charge in [0.1, 0.15) is 5.82 Å². The first-order valence-electron chi connectivity index (χ1n) is 8.56. The molecule has 1 fully saturated rings. The highest BCUT2D eigenvalue weighted by atomic mass is 32.2. The number of rotatable bonds is 2. The Bertz CT molecular complexity index is 950. The van der Waals surface area contributed by atoms with Gasteiger partial charge < -0.3 is 4.90 Å². The molecule has 4 nitrogen and oxygen atoms in total. The van der Waals surface area contributed by atoms with Crippen LogP contribution in [0.3, 0.4) is 0 Å². The molecule has 2 aliphatic heterocycles. The molecule has 0 atom stereocenters. The Morgan fingerprint density at radius 3 is 2.48 bits per heavy atom. The molecule has 4 rings (SSSR count). The van der Waals surface area contributed by atoms with Gasteiger partial charge in [-0.2, -0.15) is 0 Å². The van der Waals surface area contributed by atoms with Gasteiger partial charge in [-0.05, 0) is 56.0 Å². The lowest BCUT2D eigenvalue weighted by Gasteiger charge is -2.28. The minimum atomic E-state index is -3.74. The lowest BCUT2D eigenvalue weighted by Crippen LogP contribution is -2.28. The third-order valence-electron chi connectivity index (χ3n) is 5.06. The zero-order chi connectivity index (χ0) is 17.8. The third kappa shape index (κ3) is 2.51. The van der Waals surface area contributed by atoms with Crippen LogP contribution in [0.4, 0.5) is 15.8 Å². The maximum atomic E-state index is 14.2. The fourth-order valence-corrected chi connectivity index (χ4v) is 5.63. The van der Waals surface area contributed by atoms with E-state index in [-0.39, 0.29) is 17.0 Å². The summed E-state index contributed by atoms with van der Waals surface area (Å²) in [7, 11) is -3.74. The van der Waals surface area contributed by atoms with Crippen LogP contribution < -0.4 is 9.21 Å². The summed E-state index contributed by atoms with van der Waals surface area (Å²) < 4.78 is 41.7. The van der Waals surface area contributed by atoms with Crippen LogP contribution in [0, 0.1) is 19.7 Å². The Hall–Kier alpha value is -2.08. The highest BCUT2D eigenvalue weighted by molar-refractivity contribution is 7.93. The van der Waals surface area contributed by atoms with E-state index in [1.165, 1.54) is 22.5 Å². The van der Waals surface area contributed by atoms with E-state index in [9.17, 15) is 12.8 Å². The Kier molecular flexibility index (Phi) is 3.76. The zero-order valence-electron chi connectivity index (χ0n) is 14.4. The molecule has 0 saturated carbocycles. The number of halogens is 1. The molecule has 2 aliphatic rings. The number of anilines is 2. The fraction of sp³-hybridized carbons (Fsp3) is 0.368. The molecule has 0 spiro atoms. The Labute approximate surface area is 147 Å². The molecule has 2 heterocycles. The quantitative estimate of drug-likeness (QED) is 0.819. The summed E-state index contributed by atoms with van der Waals surface area (Å²) in [6.45, 7) is 5.87. The highest BCUT2D eigenvalue weighted by Crippen LogP contribution is 2.43. The summed E-state index contributed by atoms with van der Waals surface area (Å²) >= 11 is 0. The molecular weight excluding hydrogens is 339 g/mol. The van der Waals surface area contributed by atoms with Crippen molar-refractivity contribution in [1.82, 2.24) is 0 Å². The van der Waals surface area contributed by atoms with Crippen LogP contribution in [0.2, 0.25) is 0 Å². The van der Waals surface area contributed by atoms with Crippen LogP contribution in [-0.4, -0.2) is 21.5 Å². The third-order valence-corrected chi connectivity index (χ3v) is 6.91. The van der Waals surface area contributed by atoms with Crippen molar-refractivity contribution < 1.29 is 12.8 Å². The summed E-state index contributed by atoms with van der Waals surface area (Å²) in [5.74, 6) is -0.462. The van der Waals surface area contributed by atoms with Crippen molar-refractivity contribution in [2.45, 2.75) is 38.1 Å². The van der Waals surface area contributed by atoms with E-state index in [1.807, 2.05) is 19.9 Å². The molecule has 132 valence electrons. The number of aryl methyl sites for hydroxylation is 2. The predicted octanol–water partition coefficient (Wildman–Crippen LogP) is 3.75. The molecule has 1 saturated heterocycles. The lowest BCUT2D eigenvalue weighted by atomic mass is 10.1. The first kappa shape index (κ1) is 16.4. The number of hydrogen-bond acceptors (Lipinski definition) is 3. The molecule has 0 aliphatic carbocycles. The predicted molar refractivity (Wildman–Crippen MR) is 97.1 cm³/mol. The van der Waals surface area contributed by atoms with Crippen molar-refractivity contribution >= 4 is 21.4 Å². The van der Waals surface area contributed by atoms with Crippen molar-refractivity contribution in [3.05, 3.63) is 52.8 Å². The average Bonchev–Trinajstić information content (AvgIpc) is 3.14. The molecular formula is C19H21FN2O2S. The molecule has 0 aromatic heterocycles. The molecule has 0 N–H and O–H groups in total. The molecule has 25 heavy (non-hydrogen) atoms. The number of nitrogens with zero attached hydrogens (tertiary/aromatic N) is 2. The van der Waals surface area contributed by atoms with Crippen molar-refractivity contribution in [3.63, 3.8) is 0 Å². The van der Waals surface area contributed by atoms with Crippen LogP contribution in [0.25, 0.3) is 0 Å². The van der Waals surface area contributed by atoms with Crippen molar-refractivity contribution in [2.75, 3.05) is 22.3 Å². The summed E-state index contributed by atoms with van der Waals surface area (Å²) in [4.78, 5) is 2.33. The molecule has 2 aromatic rings. The van der Waals surface area contributed by atoms with E-state index in [0.29, 0.717) is 5.69 Å². The van der Waals surface area contributed by atoms with Crippen molar-refractivity contribution in [2.24, 2.45) is 0 Å². The fourth-order valence-electron chi connectivity index (χ4n) is 3.98. The van der Waals surface area contributed by atoms with Gasteiger partial charge in [0, 0.05) is 18.7 Å². The van der Waals surface area contributed by atoms with E-state index in [4.69, 9.17) is 0 Å². The monoisotopic (exact) mass is 360 g/mol. The molecule has 2 aromatic carbocycles. The number of benzene rings is 2. The van der Waals surface area contributed by atoms with Crippen LogP contribution in [0.1, 0.15) is 29.5 Å². The Morgan fingerprint density at radius 1 is 1.08 bits per heavy atom. The normalized spacial score (nSPS) is 18.7. The topological polar surface area (TPSA) is 40.6 Å². The first-order chi connectivity index (χ1) is 11.9. The smallest absolute Gasteiger partial charge is 0.265 e. The van der Waals surface area contributed by atoms with Crippen LogP contribution in [0.15, 0.2) is 35.2 Å². The highest BCUT2D eigenvalue weighted by Gasteiger charge is 2.38. The van der Waals surface area contributed by atoms with Crippen LogP contribution >= 0.6 is 0 Å². The number of sulfonamides is 1. The van der Waals surface area contributed by atoms with Gasteiger partial charge in [-0.1, -0.05) is 12.1 Å². The van der Waals surface area contributed by atoms with Crippen molar-refractivity contribution in [3.8, 4) is 0 Å². The van der Waals surface area contributed by atoms with Crippen LogP contribution in [0.5, 0.6) is 0 Å². The van der Waals surface area contributed by atoms with Gasteiger partial charge in [-0.15, -0.1) is 0 Å². The van der Waals surface area contributed by atoms with Crippen molar-refractivity contribution in [1.29, 1.82) is 0 Å². The summed E-state index contributed by atoms with van der Waals surface area (Å²) in [6.07, 6.45) is 2.21. The molecule has 0 amide bonds. The van der Waals surface area contributed by atoms with Gasteiger partial charge in [0.2, 0.25) is 0 Å². The Morgan fingerprint density at radius 2 is 1.80 bits per heavy atom. The van der Waals surface area contributed by atoms with Gasteiger partial charge in [-0.25, -0.2) is 12.8 Å². The largest absolute Gasteiger partial charge is 0.370 e. The summed E-state index contributed by atoms with van der Waals surface area (Å²) in [6, 6.07) is 8.25. The second-order valence-electron chi connectivity index (χ2n) is 6.87. The van der Waals surface area contributed by atoms with E-state index in [1.54, 1.807) is 0 Å². The molecule has 6 heteroatoms. The molecule has 0 bridgehead atoms. The number of hydrogen-bond donors (Lipinski definition) is 0. The second kappa shape index (κ2) is 5.73. The molecule has 0 unspecified atom stereocenters.